The minimum Gasteiger partial charge on any atom is -0.376 e. The molecule has 0 aliphatic carbocycles. The third-order valence-corrected chi connectivity index (χ3v) is 3.87. The topological polar surface area (TPSA) is 32.3 Å². The molecule has 0 bridgehead atoms. The van der Waals surface area contributed by atoms with Crippen LogP contribution in [-0.2, 0) is 11.3 Å². The fourth-order valence-corrected chi connectivity index (χ4v) is 2.23. The summed E-state index contributed by atoms with van der Waals surface area (Å²) in [5.74, 6) is -0.334. The van der Waals surface area contributed by atoms with Gasteiger partial charge in [0.15, 0.2) is 0 Å². The maximum atomic E-state index is 12.9. The van der Waals surface area contributed by atoms with Gasteiger partial charge in [0.05, 0.1) is 6.54 Å². The van der Waals surface area contributed by atoms with E-state index in [4.69, 9.17) is 11.6 Å². The van der Waals surface area contributed by atoms with Crippen molar-refractivity contribution in [3.8, 4) is 0 Å². The average Bonchev–Trinajstić information content (AvgIpc) is 2.50. The molecule has 0 aliphatic rings. The van der Waals surface area contributed by atoms with E-state index in [-0.39, 0.29) is 18.3 Å². The number of carbonyl (C=O) groups is 1. The summed E-state index contributed by atoms with van der Waals surface area (Å²) in [6.07, 6.45) is 0. The quantitative estimate of drug-likeness (QED) is 0.907. The molecule has 0 unspecified atom stereocenters. The van der Waals surface area contributed by atoms with Gasteiger partial charge < -0.3 is 10.2 Å². The monoisotopic (exact) mass is 320 g/mol. The van der Waals surface area contributed by atoms with Crippen molar-refractivity contribution in [1.29, 1.82) is 0 Å². The van der Waals surface area contributed by atoms with Gasteiger partial charge in [-0.2, -0.15) is 0 Å². The van der Waals surface area contributed by atoms with Gasteiger partial charge in [-0.1, -0.05) is 29.8 Å². The van der Waals surface area contributed by atoms with Crippen molar-refractivity contribution in [3.05, 3.63) is 64.4 Å². The highest BCUT2D eigenvalue weighted by molar-refractivity contribution is 6.31. The molecular formula is C17H18ClFN2O. The highest BCUT2D eigenvalue weighted by atomic mass is 35.5. The van der Waals surface area contributed by atoms with E-state index in [1.165, 1.54) is 12.1 Å². The van der Waals surface area contributed by atoms with E-state index in [9.17, 15) is 9.18 Å². The van der Waals surface area contributed by atoms with E-state index in [2.05, 4.69) is 5.32 Å². The van der Waals surface area contributed by atoms with Crippen molar-refractivity contribution in [2.75, 3.05) is 18.9 Å². The molecule has 0 spiro atoms. The Kier molecular flexibility index (Phi) is 5.39. The van der Waals surface area contributed by atoms with Crippen LogP contribution in [0.3, 0.4) is 0 Å². The minimum atomic E-state index is -0.282. The predicted molar refractivity (Wildman–Crippen MR) is 87.6 cm³/mol. The van der Waals surface area contributed by atoms with E-state index < -0.39 is 0 Å². The summed E-state index contributed by atoms with van der Waals surface area (Å²) in [7, 11) is 1.72. The summed E-state index contributed by atoms with van der Waals surface area (Å²) in [6.45, 7) is 2.52. The lowest BCUT2D eigenvalue weighted by atomic mass is 10.2. The molecule has 0 atom stereocenters. The molecular weight excluding hydrogens is 303 g/mol. The molecule has 116 valence electrons. The van der Waals surface area contributed by atoms with Gasteiger partial charge in [-0.15, -0.1) is 0 Å². The molecule has 2 rings (SSSR count). The van der Waals surface area contributed by atoms with Gasteiger partial charge in [-0.25, -0.2) is 4.39 Å². The number of hydrogen-bond donors (Lipinski definition) is 1. The predicted octanol–water partition coefficient (Wildman–Crippen LogP) is 3.86. The van der Waals surface area contributed by atoms with Gasteiger partial charge in [-0.3, -0.25) is 4.79 Å². The Bertz CT molecular complexity index is 658. The maximum Gasteiger partial charge on any atom is 0.241 e. The van der Waals surface area contributed by atoms with Gasteiger partial charge in [0, 0.05) is 24.3 Å². The van der Waals surface area contributed by atoms with E-state index in [0.29, 0.717) is 11.6 Å². The summed E-state index contributed by atoms with van der Waals surface area (Å²) >= 11 is 6.05. The van der Waals surface area contributed by atoms with Crippen molar-refractivity contribution >= 4 is 23.2 Å². The number of rotatable bonds is 5. The van der Waals surface area contributed by atoms with E-state index in [1.54, 1.807) is 24.1 Å². The standard InChI is InChI=1S/C17H18ClFN2O/c1-12-15(18)4-3-5-16(12)20-10-17(22)21(2)11-13-6-8-14(19)9-7-13/h3-9,20H,10-11H2,1-2H3. The van der Waals surface area contributed by atoms with Crippen LogP contribution >= 0.6 is 11.6 Å². The van der Waals surface area contributed by atoms with Crippen molar-refractivity contribution in [3.63, 3.8) is 0 Å². The van der Waals surface area contributed by atoms with Gasteiger partial charge in [0.1, 0.15) is 5.82 Å². The first kappa shape index (κ1) is 16.3. The number of nitrogens with zero attached hydrogens (tertiary/aromatic N) is 1. The van der Waals surface area contributed by atoms with Crippen molar-refractivity contribution in [2.24, 2.45) is 0 Å². The van der Waals surface area contributed by atoms with Crippen LogP contribution in [0.5, 0.6) is 0 Å². The Labute approximate surface area is 134 Å². The van der Waals surface area contributed by atoms with Crippen LogP contribution in [0.15, 0.2) is 42.5 Å². The van der Waals surface area contributed by atoms with Crippen LogP contribution < -0.4 is 5.32 Å². The minimum absolute atomic E-state index is 0.0521. The Morgan fingerprint density at radius 2 is 1.91 bits per heavy atom. The highest BCUT2D eigenvalue weighted by Crippen LogP contribution is 2.22. The first-order chi connectivity index (χ1) is 10.5. The molecule has 0 aliphatic heterocycles. The Balaban J connectivity index is 1.91. The zero-order valence-corrected chi connectivity index (χ0v) is 13.3. The lowest BCUT2D eigenvalue weighted by Gasteiger charge is -2.18. The lowest BCUT2D eigenvalue weighted by molar-refractivity contribution is -0.128. The highest BCUT2D eigenvalue weighted by Gasteiger charge is 2.10. The molecule has 0 saturated heterocycles. The van der Waals surface area contributed by atoms with E-state index in [0.717, 1.165) is 16.8 Å². The molecule has 5 heteroatoms. The van der Waals surface area contributed by atoms with Crippen LogP contribution in [0.1, 0.15) is 11.1 Å². The summed E-state index contributed by atoms with van der Waals surface area (Å²) in [5.41, 5.74) is 2.64. The van der Waals surface area contributed by atoms with Crippen LogP contribution in [0.2, 0.25) is 5.02 Å². The molecule has 2 aromatic rings. The number of anilines is 1. The molecule has 1 N–H and O–H groups in total. The van der Waals surface area contributed by atoms with Crippen LogP contribution in [0.25, 0.3) is 0 Å². The van der Waals surface area contributed by atoms with Crippen LogP contribution in [0, 0.1) is 12.7 Å². The fraction of sp³-hybridized carbons (Fsp3) is 0.235. The third-order valence-electron chi connectivity index (χ3n) is 3.46. The summed E-state index contributed by atoms with van der Waals surface area (Å²) in [4.78, 5) is 13.7. The summed E-state index contributed by atoms with van der Waals surface area (Å²) in [5, 5.41) is 3.76. The number of hydrogen-bond acceptors (Lipinski definition) is 2. The number of likely N-dealkylation sites (N-methyl/N-ethyl adjacent to an activating group) is 1. The van der Waals surface area contributed by atoms with Crippen molar-refractivity contribution in [1.82, 2.24) is 4.90 Å². The van der Waals surface area contributed by atoms with Gasteiger partial charge in [0.25, 0.3) is 0 Å². The number of amides is 1. The molecule has 0 saturated carbocycles. The van der Waals surface area contributed by atoms with E-state index >= 15 is 0 Å². The fourth-order valence-electron chi connectivity index (χ4n) is 2.06. The zero-order valence-electron chi connectivity index (χ0n) is 12.6. The van der Waals surface area contributed by atoms with E-state index in [1.807, 2.05) is 25.1 Å². The molecule has 22 heavy (non-hydrogen) atoms. The average molecular weight is 321 g/mol. The second-order valence-electron chi connectivity index (χ2n) is 5.14. The summed E-state index contributed by atoms with van der Waals surface area (Å²) in [6, 6.07) is 11.7. The number of carbonyl (C=O) groups excluding carboxylic acids is 1. The Morgan fingerprint density at radius 1 is 1.23 bits per heavy atom. The largest absolute Gasteiger partial charge is 0.376 e. The van der Waals surface area contributed by atoms with Gasteiger partial charge in [0.2, 0.25) is 5.91 Å². The smallest absolute Gasteiger partial charge is 0.241 e. The number of benzene rings is 2. The molecule has 0 heterocycles. The number of halogens is 2. The molecule has 0 aromatic heterocycles. The molecule has 1 amide bonds. The molecule has 0 fully saturated rings. The first-order valence-corrected chi connectivity index (χ1v) is 7.32. The Morgan fingerprint density at radius 3 is 2.59 bits per heavy atom. The SMILES string of the molecule is Cc1c(Cl)cccc1NCC(=O)N(C)Cc1ccc(F)cc1. The van der Waals surface area contributed by atoms with Crippen molar-refractivity contribution in [2.45, 2.75) is 13.5 Å². The number of nitrogens with one attached hydrogen (secondary N) is 1. The second kappa shape index (κ2) is 7.27. The van der Waals surface area contributed by atoms with Gasteiger partial charge in [-0.05, 0) is 42.3 Å². The zero-order chi connectivity index (χ0) is 16.1. The lowest BCUT2D eigenvalue weighted by Crippen LogP contribution is -2.31. The molecule has 3 nitrogen and oxygen atoms in total. The molecule has 0 radical (unpaired) electrons. The Hall–Kier alpha value is -2.07. The van der Waals surface area contributed by atoms with Crippen molar-refractivity contribution < 1.29 is 9.18 Å². The maximum absolute atomic E-state index is 12.9. The third kappa shape index (κ3) is 4.21. The molecule has 2 aromatic carbocycles. The van der Waals surface area contributed by atoms with Crippen LogP contribution in [0.4, 0.5) is 10.1 Å². The normalized spacial score (nSPS) is 10.4. The van der Waals surface area contributed by atoms with Crippen LogP contribution in [-0.4, -0.2) is 24.4 Å². The second-order valence-corrected chi connectivity index (χ2v) is 5.55. The first-order valence-electron chi connectivity index (χ1n) is 6.95. The summed E-state index contributed by atoms with van der Waals surface area (Å²) < 4.78 is 12.9. The van der Waals surface area contributed by atoms with Gasteiger partial charge >= 0.3 is 0 Å².